The summed E-state index contributed by atoms with van der Waals surface area (Å²) >= 11 is 0. The smallest absolute Gasteiger partial charge is 0.141 e. The molecule has 0 aliphatic carbocycles. The highest BCUT2D eigenvalue weighted by Gasteiger charge is 2.02. The highest BCUT2D eigenvalue weighted by molar-refractivity contribution is 5.67. The second kappa shape index (κ2) is 4.05. The molecule has 76 valence electrons. The van der Waals surface area contributed by atoms with E-state index in [1.54, 1.807) is 0 Å². The minimum atomic E-state index is 0.307. The topological polar surface area (TPSA) is 32.3 Å². The quantitative estimate of drug-likeness (QED) is 0.726. The second-order valence-corrected chi connectivity index (χ2v) is 3.46. The van der Waals surface area contributed by atoms with Crippen LogP contribution in [0.2, 0.25) is 0 Å². The summed E-state index contributed by atoms with van der Waals surface area (Å²) in [5.41, 5.74) is 2.58. The van der Waals surface area contributed by atoms with Crippen molar-refractivity contribution < 1.29 is 5.11 Å². The Morgan fingerprint density at radius 1 is 0.933 bits per heavy atom. The maximum Gasteiger partial charge on any atom is 0.141 e. The van der Waals surface area contributed by atoms with Crippen LogP contribution in [0.25, 0.3) is 0 Å². The maximum atomic E-state index is 9.80. The predicted molar refractivity (Wildman–Crippen MR) is 62.6 cm³/mol. The summed E-state index contributed by atoms with van der Waals surface area (Å²) in [7, 11) is 0. The van der Waals surface area contributed by atoms with Crippen molar-refractivity contribution in [2.45, 2.75) is 6.92 Å². The summed E-state index contributed by atoms with van der Waals surface area (Å²) in [6, 6.07) is 15.4. The maximum absolute atomic E-state index is 9.80. The van der Waals surface area contributed by atoms with Gasteiger partial charge in [0, 0.05) is 5.69 Å². The number of hydrogen-bond acceptors (Lipinski definition) is 2. The van der Waals surface area contributed by atoms with Crippen LogP contribution >= 0.6 is 0 Å². The lowest BCUT2D eigenvalue weighted by Gasteiger charge is -2.09. The first kappa shape index (κ1) is 9.59. The third kappa shape index (κ3) is 2.10. The Labute approximate surface area is 89.2 Å². The van der Waals surface area contributed by atoms with Gasteiger partial charge in [-0.05, 0) is 30.7 Å². The number of hydrogen-bond donors (Lipinski definition) is 2. The first-order valence-corrected chi connectivity index (χ1v) is 4.88. The first-order valence-electron chi connectivity index (χ1n) is 4.88. The fourth-order valence-electron chi connectivity index (χ4n) is 1.44. The number of para-hydroxylation sites is 2. The highest BCUT2D eigenvalue weighted by atomic mass is 16.3. The largest absolute Gasteiger partial charge is 0.505 e. The van der Waals surface area contributed by atoms with Gasteiger partial charge >= 0.3 is 0 Å². The summed E-state index contributed by atoms with van der Waals surface area (Å²) in [5.74, 6) is 0.307. The zero-order valence-electron chi connectivity index (χ0n) is 8.57. The van der Waals surface area contributed by atoms with E-state index >= 15 is 0 Å². The van der Waals surface area contributed by atoms with Crippen molar-refractivity contribution >= 4 is 11.4 Å². The van der Waals surface area contributed by atoms with Crippen LogP contribution in [-0.2, 0) is 0 Å². The molecule has 15 heavy (non-hydrogen) atoms. The third-order valence-electron chi connectivity index (χ3n) is 2.29. The van der Waals surface area contributed by atoms with Crippen LogP contribution < -0.4 is 5.32 Å². The lowest BCUT2D eigenvalue weighted by Crippen LogP contribution is -1.90. The van der Waals surface area contributed by atoms with E-state index in [2.05, 4.69) is 5.32 Å². The number of aromatic hydroxyl groups is 1. The molecule has 0 atom stereocenters. The average molecular weight is 199 g/mol. The Balaban J connectivity index is 2.29. The molecule has 2 aromatic rings. The normalized spacial score (nSPS) is 9.93. The van der Waals surface area contributed by atoms with Gasteiger partial charge < -0.3 is 10.4 Å². The van der Waals surface area contributed by atoms with Gasteiger partial charge in [-0.3, -0.25) is 0 Å². The molecule has 2 N–H and O–H groups in total. The Kier molecular flexibility index (Phi) is 2.59. The van der Waals surface area contributed by atoms with Gasteiger partial charge in [0.05, 0.1) is 5.69 Å². The molecule has 0 saturated heterocycles. The van der Waals surface area contributed by atoms with Gasteiger partial charge in [-0.2, -0.15) is 0 Å². The van der Waals surface area contributed by atoms with E-state index in [1.807, 2.05) is 55.5 Å². The lowest BCUT2D eigenvalue weighted by atomic mass is 10.2. The number of anilines is 2. The minimum absolute atomic E-state index is 0.307. The number of aryl methyl sites for hydroxylation is 1. The molecule has 0 aliphatic rings. The van der Waals surface area contributed by atoms with Crippen LogP contribution in [0.15, 0.2) is 48.5 Å². The molecule has 0 aliphatic heterocycles. The van der Waals surface area contributed by atoms with Crippen LogP contribution in [0.4, 0.5) is 11.4 Å². The van der Waals surface area contributed by atoms with Crippen LogP contribution in [0.5, 0.6) is 5.75 Å². The van der Waals surface area contributed by atoms with Crippen molar-refractivity contribution in [3.8, 4) is 5.75 Å². The Morgan fingerprint density at radius 3 is 2.40 bits per heavy atom. The van der Waals surface area contributed by atoms with E-state index in [4.69, 9.17) is 0 Å². The summed E-state index contributed by atoms with van der Waals surface area (Å²) in [4.78, 5) is 0. The van der Waals surface area contributed by atoms with Crippen LogP contribution in [0, 0.1) is 6.92 Å². The molecule has 2 aromatic carbocycles. The monoisotopic (exact) mass is 199 g/mol. The van der Waals surface area contributed by atoms with E-state index in [0.29, 0.717) is 5.75 Å². The van der Waals surface area contributed by atoms with E-state index in [9.17, 15) is 5.11 Å². The minimum Gasteiger partial charge on any atom is -0.505 e. The summed E-state index contributed by atoms with van der Waals surface area (Å²) in [6.07, 6.45) is 0. The van der Waals surface area contributed by atoms with Crippen molar-refractivity contribution in [2.24, 2.45) is 0 Å². The van der Waals surface area contributed by atoms with Crippen molar-refractivity contribution in [3.05, 3.63) is 54.1 Å². The molecule has 0 saturated carbocycles. The molecule has 0 spiro atoms. The van der Waals surface area contributed by atoms with E-state index < -0.39 is 0 Å². The summed E-state index contributed by atoms with van der Waals surface area (Å²) < 4.78 is 0. The molecule has 0 heterocycles. The van der Waals surface area contributed by atoms with E-state index in [-0.39, 0.29) is 0 Å². The fourth-order valence-corrected chi connectivity index (χ4v) is 1.44. The molecule has 0 radical (unpaired) electrons. The van der Waals surface area contributed by atoms with Gasteiger partial charge in [-0.1, -0.05) is 30.3 Å². The van der Waals surface area contributed by atoms with E-state index in [0.717, 1.165) is 16.9 Å². The van der Waals surface area contributed by atoms with E-state index in [1.165, 1.54) is 0 Å². The number of phenolic OH excluding ortho intramolecular Hbond substituents is 1. The summed E-state index contributed by atoms with van der Waals surface area (Å²) in [5, 5.41) is 13.0. The molecule has 0 unspecified atom stereocenters. The number of nitrogens with one attached hydrogen (secondary N) is 1. The third-order valence-corrected chi connectivity index (χ3v) is 2.29. The Hall–Kier alpha value is -1.96. The molecular formula is C13H13NO. The Morgan fingerprint density at radius 2 is 1.67 bits per heavy atom. The van der Waals surface area contributed by atoms with Gasteiger partial charge in [0.1, 0.15) is 5.75 Å². The second-order valence-electron chi connectivity index (χ2n) is 3.46. The van der Waals surface area contributed by atoms with Crippen LogP contribution in [0.1, 0.15) is 5.56 Å². The van der Waals surface area contributed by atoms with Crippen molar-refractivity contribution in [1.29, 1.82) is 0 Å². The zero-order chi connectivity index (χ0) is 10.7. The van der Waals surface area contributed by atoms with Gasteiger partial charge in [-0.15, -0.1) is 0 Å². The molecule has 0 fully saturated rings. The first-order chi connectivity index (χ1) is 7.27. The molecule has 2 rings (SSSR count). The van der Waals surface area contributed by atoms with Gasteiger partial charge in [0.25, 0.3) is 0 Å². The molecule has 0 aromatic heterocycles. The summed E-state index contributed by atoms with van der Waals surface area (Å²) in [6.45, 7) is 1.88. The number of rotatable bonds is 2. The zero-order valence-corrected chi connectivity index (χ0v) is 8.57. The molecule has 0 bridgehead atoms. The van der Waals surface area contributed by atoms with Gasteiger partial charge in [0.2, 0.25) is 0 Å². The van der Waals surface area contributed by atoms with Gasteiger partial charge in [0.15, 0.2) is 0 Å². The van der Waals surface area contributed by atoms with Crippen molar-refractivity contribution in [1.82, 2.24) is 0 Å². The highest BCUT2D eigenvalue weighted by Crippen LogP contribution is 2.29. The fraction of sp³-hybridized carbons (Fsp3) is 0.0769. The molecular weight excluding hydrogens is 186 g/mol. The van der Waals surface area contributed by atoms with Crippen LogP contribution in [0.3, 0.4) is 0 Å². The number of benzene rings is 2. The lowest BCUT2D eigenvalue weighted by molar-refractivity contribution is 0.473. The van der Waals surface area contributed by atoms with Crippen LogP contribution in [-0.4, -0.2) is 5.11 Å². The van der Waals surface area contributed by atoms with Crippen molar-refractivity contribution in [3.63, 3.8) is 0 Å². The SMILES string of the molecule is Cc1cccc(Nc2ccccc2)c1O. The van der Waals surface area contributed by atoms with Gasteiger partial charge in [-0.25, -0.2) is 0 Å². The number of phenols is 1. The van der Waals surface area contributed by atoms with Crippen molar-refractivity contribution in [2.75, 3.05) is 5.32 Å². The molecule has 2 heteroatoms. The average Bonchev–Trinajstić information content (AvgIpc) is 2.26. The Bertz CT molecular complexity index is 451. The predicted octanol–water partition coefficient (Wildman–Crippen LogP) is 3.44. The molecule has 2 nitrogen and oxygen atoms in total. The molecule has 0 amide bonds. The standard InChI is InChI=1S/C13H13NO/c1-10-6-5-9-12(13(10)15)14-11-7-3-2-4-8-11/h2-9,14-15H,1H3.